The number of aromatic hydroxyl groups is 1. The number of hydrogen-bond acceptors (Lipinski definition) is 5. The van der Waals surface area contributed by atoms with Gasteiger partial charge in [0.1, 0.15) is 17.2 Å². The number of benzene rings is 4. The molecule has 1 atom stereocenters. The summed E-state index contributed by atoms with van der Waals surface area (Å²) >= 11 is 0. The molecule has 2 aromatic heterocycles. The SMILES string of the molecule is COc1ccc(C(c2[nH]c3ccccc3c2CCNC(=O)Nc2cc(C(F)(F)F)ccc2OC)c2c(O)c3ccccc3n(C)c2=O)cc1. The molecule has 4 N–H and O–H groups in total. The summed E-state index contributed by atoms with van der Waals surface area (Å²) in [6.07, 6.45) is -4.33. The van der Waals surface area contributed by atoms with Crippen molar-refractivity contribution in [2.75, 3.05) is 26.1 Å². The number of aromatic amines is 1. The molecule has 4 aromatic carbocycles. The van der Waals surface area contributed by atoms with Gasteiger partial charge in [0.05, 0.1) is 42.5 Å². The number of nitrogens with zero attached hydrogens (tertiary/aromatic N) is 1. The van der Waals surface area contributed by atoms with Crippen molar-refractivity contribution in [2.24, 2.45) is 7.05 Å². The van der Waals surface area contributed by atoms with E-state index in [0.29, 0.717) is 27.9 Å². The van der Waals surface area contributed by atoms with Crippen LogP contribution in [0.4, 0.5) is 23.7 Å². The molecule has 49 heavy (non-hydrogen) atoms. The molecule has 0 aliphatic rings. The number of hydrogen-bond donors (Lipinski definition) is 4. The Morgan fingerprint density at radius 2 is 1.63 bits per heavy atom. The van der Waals surface area contributed by atoms with Gasteiger partial charge in [-0.2, -0.15) is 13.2 Å². The fourth-order valence-electron chi connectivity index (χ4n) is 6.22. The molecule has 2 heterocycles. The number of fused-ring (bicyclic) bond motifs is 2. The summed E-state index contributed by atoms with van der Waals surface area (Å²) in [5, 5.41) is 18.3. The van der Waals surface area contributed by atoms with Crippen molar-refractivity contribution in [3.8, 4) is 17.2 Å². The molecular formula is C37H33F3N4O5. The van der Waals surface area contributed by atoms with Gasteiger partial charge >= 0.3 is 12.2 Å². The molecule has 1 unspecified atom stereocenters. The van der Waals surface area contributed by atoms with E-state index in [9.17, 15) is 27.9 Å². The summed E-state index contributed by atoms with van der Waals surface area (Å²) in [7, 11) is 4.51. The minimum atomic E-state index is -4.61. The van der Waals surface area contributed by atoms with Gasteiger partial charge in [0.15, 0.2) is 0 Å². The highest BCUT2D eigenvalue weighted by molar-refractivity contribution is 5.91. The van der Waals surface area contributed by atoms with Gasteiger partial charge in [-0.15, -0.1) is 0 Å². The van der Waals surface area contributed by atoms with Crippen LogP contribution < -0.4 is 25.7 Å². The minimum absolute atomic E-state index is 0.0705. The second-order valence-electron chi connectivity index (χ2n) is 11.5. The number of pyridine rings is 1. The third-order valence-corrected chi connectivity index (χ3v) is 8.62. The van der Waals surface area contributed by atoms with Gasteiger partial charge in [-0.05, 0) is 66.1 Å². The van der Waals surface area contributed by atoms with Crippen LogP contribution in [0.15, 0.2) is 95.8 Å². The molecule has 2 amide bonds. The van der Waals surface area contributed by atoms with Crippen LogP contribution in [0.25, 0.3) is 21.8 Å². The fourth-order valence-corrected chi connectivity index (χ4v) is 6.22. The Bertz CT molecular complexity index is 2230. The first kappa shape index (κ1) is 33.0. The molecule has 12 heteroatoms. The first-order valence-corrected chi connectivity index (χ1v) is 15.4. The summed E-state index contributed by atoms with van der Waals surface area (Å²) < 4.78 is 52.1. The molecule has 0 fully saturated rings. The summed E-state index contributed by atoms with van der Waals surface area (Å²) in [5.41, 5.74) is 2.20. The Hall–Kier alpha value is -5.91. The molecule has 0 saturated heterocycles. The lowest BCUT2D eigenvalue weighted by Crippen LogP contribution is -2.31. The van der Waals surface area contributed by atoms with Crippen LogP contribution in [-0.2, 0) is 19.6 Å². The molecule has 0 saturated carbocycles. The molecule has 0 aliphatic heterocycles. The Labute approximate surface area is 278 Å². The number of alkyl halides is 3. The summed E-state index contributed by atoms with van der Waals surface area (Å²) in [6.45, 7) is 0.0823. The standard InChI is InChI=1S/C37H33F3N4O5/c1-44-29-11-7-5-9-26(29)34(45)32(35(44)46)31(21-12-15-23(48-2)16-13-21)33-25(24-8-4-6-10-27(24)42-33)18-19-41-36(47)43-28-20-22(37(38,39)40)14-17-30(28)49-3/h4-17,20,31,42,45H,18-19H2,1-3H3,(H2,41,43,47). The highest BCUT2D eigenvalue weighted by Gasteiger charge is 2.32. The molecule has 0 bridgehead atoms. The molecule has 9 nitrogen and oxygen atoms in total. The monoisotopic (exact) mass is 670 g/mol. The van der Waals surface area contributed by atoms with E-state index < -0.39 is 23.7 Å². The average molecular weight is 671 g/mol. The maximum atomic E-state index is 14.1. The van der Waals surface area contributed by atoms with Crippen molar-refractivity contribution in [3.05, 3.63) is 129 Å². The van der Waals surface area contributed by atoms with Crippen molar-refractivity contribution in [3.63, 3.8) is 0 Å². The third kappa shape index (κ3) is 6.37. The fraction of sp³-hybridized carbons (Fsp3) is 0.189. The van der Waals surface area contributed by atoms with Gasteiger partial charge in [-0.1, -0.05) is 42.5 Å². The highest BCUT2D eigenvalue weighted by atomic mass is 19.4. The highest BCUT2D eigenvalue weighted by Crippen LogP contribution is 2.41. The number of halogens is 3. The first-order valence-electron chi connectivity index (χ1n) is 15.4. The van der Waals surface area contributed by atoms with Gasteiger partial charge in [0, 0.05) is 35.6 Å². The maximum Gasteiger partial charge on any atom is 0.416 e. The zero-order valence-corrected chi connectivity index (χ0v) is 26.8. The molecule has 0 radical (unpaired) electrons. The van der Waals surface area contributed by atoms with Crippen molar-refractivity contribution in [1.82, 2.24) is 14.9 Å². The van der Waals surface area contributed by atoms with Gasteiger partial charge < -0.3 is 34.8 Å². The van der Waals surface area contributed by atoms with Crippen LogP contribution in [0.2, 0.25) is 0 Å². The van der Waals surface area contributed by atoms with Crippen molar-refractivity contribution >= 4 is 33.5 Å². The molecule has 6 aromatic rings. The normalized spacial score (nSPS) is 12.2. The van der Waals surface area contributed by atoms with E-state index in [2.05, 4.69) is 15.6 Å². The molecule has 0 spiro atoms. The second-order valence-corrected chi connectivity index (χ2v) is 11.5. The number of amides is 2. The van der Waals surface area contributed by atoms with Crippen LogP contribution in [-0.4, -0.2) is 41.5 Å². The molecule has 0 aliphatic carbocycles. The topological polar surface area (TPSA) is 118 Å². The number of H-pyrrole nitrogens is 1. The number of rotatable bonds is 9. The van der Waals surface area contributed by atoms with Crippen molar-refractivity contribution in [1.29, 1.82) is 0 Å². The first-order chi connectivity index (χ1) is 23.5. The second kappa shape index (κ2) is 13.3. The van der Waals surface area contributed by atoms with Gasteiger partial charge in [-0.3, -0.25) is 4.79 Å². The van der Waals surface area contributed by atoms with Gasteiger partial charge in [-0.25, -0.2) is 4.79 Å². The molecular weight excluding hydrogens is 637 g/mol. The smallest absolute Gasteiger partial charge is 0.416 e. The van der Waals surface area contributed by atoms with E-state index in [1.807, 2.05) is 36.4 Å². The van der Waals surface area contributed by atoms with Gasteiger partial charge in [0.25, 0.3) is 5.56 Å². The zero-order chi connectivity index (χ0) is 34.9. The summed E-state index contributed by atoms with van der Waals surface area (Å²) in [6, 6.07) is 24.0. The number of carbonyl (C=O) groups excluding carboxylic acids is 1. The largest absolute Gasteiger partial charge is 0.507 e. The van der Waals surface area contributed by atoms with Crippen LogP contribution in [0.5, 0.6) is 17.2 Å². The van der Waals surface area contributed by atoms with Crippen LogP contribution in [0, 0.1) is 0 Å². The van der Waals surface area contributed by atoms with E-state index in [1.54, 1.807) is 50.6 Å². The number of urea groups is 1. The predicted octanol–water partition coefficient (Wildman–Crippen LogP) is 7.31. The average Bonchev–Trinajstić information content (AvgIpc) is 3.46. The molecule has 252 valence electrons. The predicted molar refractivity (Wildman–Crippen MR) is 182 cm³/mol. The summed E-state index contributed by atoms with van der Waals surface area (Å²) in [5.74, 6) is -0.222. The number of carbonyl (C=O) groups is 1. The lowest BCUT2D eigenvalue weighted by molar-refractivity contribution is -0.137. The number of anilines is 1. The molecule has 6 rings (SSSR count). The number of para-hydroxylation sites is 2. The van der Waals surface area contributed by atoms with Gasteiger partial charge in [0.2, 0.25) is 0 Å². The number of nitrogens with one attached hydrogen (secondary N) is 3. The minimum Gasteiger partial charge on any atom is -0.507 e. The number of aryl methyl sites for hydroxylation is 1. The Morgan fingerprint density at radius 3 is 2.33 bits per heavy atom. The third-order valence-electron chi connectivity index (χ3n) is 8.62. The lowest BCUT2D eigenvalue weighted by atomic mass is 9.85. The van der Waals surface area contributed by atoms with E-state index in [4.69, 9.17) is 9.47 Å². The number of ether oxygens (including phenoxy) is 2. The quantitative estimate of drug-likeness (QED) is 0.129. The lowest BCUT2D eigenvalue weighted by Gasteiger charge is -2.22. The summed E-state index contributed by atoms with van der Waals surface area (Å²) in [4.78, 5) is 30.5. The number of methoxy groups -OCH3 is 2. The number of aromatic nitrogens is 2. The van der Waals surface area contributed by atoms with Crippen LogP contribution in [0.3, 0.4) is 0 Å². The van der Waals surface area contributed by atoms with E-state index in [0.717, 1.165) is 34.7 Å². The van der Waals surface area contributed by atoms with E-state index >= 15 is 0 Å². The Kier molecular flexibility index (Phi) is 8.96. The van der Waals surface area contributed by atoms with E-state index in [-0.39, 0.29) is 41.3 Å². The van der Waals surface area contributed by atoms with Crippen molar-refractivity contribution in [2.45, 2.75) is 18.5 Å². The van der Waals surface area contributed by atoms with Crippen LogP contribution in [0.1, 0.15) is 33.9 Å². The Morgan fingerprint density at radius 1 is 0.939 bits per heavy atom. The zero-order valence-electron chi connectivity index (χ0n) is 26.8. The van der Waals surface area contributed by atoms with E-state index in [1.165, 1.54) is 11.7 Å². The Balaban J connectivity index is 1.40. The van der Waals surface area contributed by atoms with Crippen molar-refractivity contribution < 1.29 is 32.5 Å². The maximum absolute atomic E-state index is 14.1. The van der Waals surface area contributed by atoms with Crippen LogP contribution >= 0.6 is 0 Å².